The molecular weight excluding hydrogens is 232 g/mol. The number of ether oxygens (including phenoxy) is 1. The summed E-state index contributed by atoms with van der Waals surface area (Å²) < 4.78 is 5.08. The van der Waals surface area contributed by atoms with E-state index in [0.29, 0.717) is 25.9 Å². The van der Waals surface area contributed by atoms with Gasteiger partial charge < -0.3 is 10.1 Å². The standard InChI is InChI=1S/C12H16N4O2/c1-18-11-5-2-4-10(8-11)9-12(17)14-6-3-7-15-16-13/h2,4-5,8H,3,6-7,9H2,1H3,(H,14,17). The molecule has 1 aromatic carbocycles. The number of hydrogen-bond acceptors (Lipinski definition) is 3. The third-order valence-corrected chi connectivity index (χ3v) is 2.32. The van der Waals surface area contributed by atoms with Gasteiger partial charge in [0.15, 0.2) is 0 Å². The van der Waals surface area contributed by atoms with Crippen molar-refractivity contribution in [3.8, 4) is 5.75 Å². The van der Waals surface area contributed by atoms with Crippen LogP contribution in [-0.4, -0.2) is 26.1 Å². The molecule has 0 aromatic heterocycles. The number of amides is 1. The maximum atomic E-state index is 11.6. The smallest absolute Gasteiger partial charge is 0.224 e. The monoisotopic (exact) mass is 248 g/mol. The van der Waals surface area contributed by atoms with Gasteiger partial charge in [0.1, 0.15) is 5.75 Å². The van der Waals surface area contributed by atoms with Crippen molar-refractivity contribution >= 4 is 5.91 Å². The average Bonchev–Trinajstić information content (AvgIpc) is 2.38. The molecule has 0 aliphatic carbocycles. The molecule has 0 unspecified atom stereocenters. The minimum absolute atomic E-state index is 0.0517. The molecule has 0 saturated heterocycles. The molecule has 0 radical (unpaired) electrons. The summed E-state index contributed by atoms with van der Waals surface area (Å²) in [6.07, 6.45) is 0.965. The maximum Gasteiger partial charge on any atom is 0.224 e. The molecule has 0 bridgehead atoms. The van der Waals surface area contributed by atoms with E-state index in [2.05, 4.69) is 15.3 Å². The van der Waals surface area contributed by atoms with Gasteiger partial charge in [-0.15, -0.1) is 0 Å². The first-order chi connectivity index (χ1) is 8.76. The Morgan fingerprint density at radius 3 is 3.11 bits per heavy atom. The van der Waals surface area contributed by atoms with E-state index >= 15 is 0 Å². The number of rotatable bonds is 7. The van der Waals surface area contributed by atoms with Gasteiger partial charge in [-0.3, -0.25) is 4.79 Å². The minimum atomic E-state index is -0.0517. The lowest BCUT2D eigenvalue weighted by atomic mass is 10.1. The van der Waals surface area contributed by atoms with Crippen molar-refractivity contribution in [2.45, 2.75) is 12.8 Å². The molecule has 1 aromatic rings. The molecule has 0 saturated carbocycles. The van der Waals surface area contributed by atoms with E-state index in [4.69, 9.17) is 10.3 Å². The Balaban J connectivity index is 2.32. The largest absolute Gasteiger partial charge is 0.497 e. The number of carbonyl (C=O) groups excluding carboxylic acids is 1. The second-order valence-corrected chi connectivity index (χ2v) is 3.69. The molecule has 0 aliphatic heterocycles. The fourth-order valence-electron chi connectivity index (χ4n) is 1.45. The molecule has 6 nitrogen and oxygen atoms in total. The van der Waals surface area contributed by atoms with Crippen LogP contribution in [0, 0.1) is 0 Å². The molecule has 6 heteroatoms. The molecule has 1 rings (SSSR count). The Morgan fingerprint density at radius 2 is 2.39 bits per heavy atom. The van der Waals surface area contributed by atoms with Crippen LogP contribution in [0.1, 0.15) is 12.0 Å². The predicted octanol–water partition coefficient (Wildman–Crippen LogP) is 2.05. The normalized spacial score (nSPS) is 9.39. The van der Waals surface area contributed by atoms with Crippen LogP contribution in [0.4, 0.5) is 0 Å². The summed E-state index contributed by atoms with van der Waals surface area (Å²) >= 11 is 0. The molecule has 96 valence electrons. The van der Waals surface area contributed by atoms with Crippen LogP contribution < -0.4 is 10.1 Å². The van der Waals surface area contributed by atoms with Crippen molar-refractivity contribution in [1.82, 2.24) is 5.32 Å². The second-order valence-electron chi connectivity index (χ2n) is 3.69. The zero-order valence-corrected chi connectivity index (χ0v) is 10.3. The van der Waals surface area contributed by atoms with Crippen LogP contribution in [0.15, 0.2) is 29.4 Å². The summed E-state index contributed by atoms with van der Waals surface area (Å²) in [7, 11) is 1.59. The summed E-state index contributed by atoms with van der Waals surface area (Å²) in [5.74, 6) is 0.688. The van der Waals surface area contributed by atoms with Gasteiger partial charge in [0, 0.05) is 18.0 Å². The first kappa shape index (κ1) is 13.9. The van der Waals surface area contributed by atoms with Crippen LogP contribution in [-0.2, 0) is 11.2 Å². The summed E-state index contributed by atoms with van der Waals surface area (Å²) in [4.78, 5) is 14.2. The van der Waals surface area contributed by atoms with Crippen LogP contribution in [0.5, 0.6) is 5.75 Å². The number of carbonyl (C=O) groups is 1. The van der Waals surface area contributed by atoms with Gasteiger partial charge in [0.05, 0.1) is 13.5 Å². The van der Waals surface area contributed by atoms with E-state index in [9.17, 15) is 4.79 Å². The molecule has 0 heterocycles. The first-order valence-electron chi connectivity index (χ1n) is 5.66. The second kappa shape index (κ2) is 7.97. The van der Waals surface area contributed by atoms with Crippen LogP contribution >= 0.6 is 0 Å². The highest BCUT2D eigenvalue weighted by Gasteiger charge is 2.03. The summed E-state index contributed by atoms with van der Waals surface area (Å²) in [6.45, 7) is 0.914. The van der Waals surface area contributed by atoms with E-state index in [1.807, 2.05) is 24.3 Å². The Morgan fingerprint density at radius 1 is 1.56 bits per heavy atom. The quantitative estimate of drug-likeness (QED) is 0.346. The molecule has 1 N–H and O–H groups in total. The van der Waals surface area contributed by atoms with Crippen molar-refractivity contribution in [3.63, 3.8) is 0 Å². The number of benzene rings is 1. The highest BCUT2D eigenvalue weighted by atomic mass is 16.5. The summed E-state index contributed by atoms with van der Waals surface area (Å²) in [5, 5.41) is 6.15. The van der Waals surface area contributed by atoms with Crippen molar-refractivity contribution in [3.05, 3.63) is 40.3 Å². The zero-order valence-electron chi connectivity index (χ0n) is 10.3. The minimum Gasteiger partial charge on any atom is -0.497 e. The molecule has 0 fully saturated rings. The van der Waals surface area contributed by atoms with E-state index in [0.717, 1.165) is 11.3 Å². The average molecular weight is 248 g/mol. The number of nitrogens with zero attached hydrogens (tertiary/aromatic N) is 3. The third kappa shape index (κ3) is 5.23. The molecule has 0 aliphatic rings. The molecular formula is C12H16N4O2. The number of hydrogen-bond donors (Lipinski definition) is 1. The zero-order chi connectivity index (χ0) is 13.2. The maximum absolute atomic E-state index is 11.6. The Bertz CT molecular complexity index is 441. The Kier molecular flexibility index (Phi) is 6.14. The lowest BCUT2D eigenvalue weighted by Crippen LogP contribution is -2.26. The fourth-order valence-corrected chi connectivity index (χ4v) is 1.45. The van der Waals surface area contributed by atoms with Gasteiger partial charge in [0.25, 0.3) is 0 Å². The van der Waals surface area contributed by atoms with Gasteiger partial charge in [-0.2, -0.15) is 0 Å². The number of nitrogens with one attached hydrogen (secondary N) is 1. The lowest BCUT2D eigenvalue weighted by molar-refractivity contribution is -0.120. The van der Waals surface area contributed by atoms with Crippen LogP contribution in [0.25, 0.3) is 10.4 Å². The summed E-state index contributed by atoms with van der Waals surface area (Å²) in [6, 6.07) is 7.39. The molecule has 18 heavy (non-hydrogen) atoms. The Labute approximate surface area is 106 Å². The molecule has 0 atom stereocenters. The number of azide groups is 1. The van der Waals surface area contributed by atoms with Crippen molar-refractivity contribution in [1.29, 1.82) is 0 Å². The fraction of sp³-hybridized carbons (Fsp3) is 0.417. The highest BCUT2D eigenvalue weighted by Crippen LogP contribution is 2.12. The van der Waals surface area contributed by atoms with Gasteiger partial charge in [-0.05, 0) is 29.6 Å². The lowest BCUT2D eigenvalue weighted by Gasteiger charge is -2.05. The van der Waals surface area contributed by atoms with Gasteiger partial charge in [-0.1, -0.05) is 17.2 Å². The van der Waals surface area contributed by atoms with Crippen molar-refractivity contribution in [2.75, 3.05) is 20.2 Å². The van der Waals surface area contributed by atoms with E-state index in [1.54, 1.807) is 7.11 Å². The predicted molar refractivity (Wildman–Crippen MR) is 68.3 cm³/mol. The van der Waals surface area contributed by atoms with Crippen molar-refractivity contribution in [2.24, 2.45) is 5.11 Å². The van der Waals surface area contributed by atoms with Crippen LogP contribution in [0.3, 0.4) is 0 Å². The van der Waals surface area contributed by atoms with Gasteiger partial charge >= 0.3 is 0 Å². The van der Waals surface area contributed by atoms with Crippen molar-refractivity contribution < 1.29 is 9.53 Å². The molecule has 0 spiro atoms. The Hall–Kier alpha value is -2.20. The van der Waals surface area contributed by atoms with E-state index in [1.165, 1.54) is 0 Å². The van der Waals surface area contributed by atoms with Gasteiger partial charge in [-0.25, -0.2) is 0 Å². The van der Waals surface area contributed by atoms with Gasteiger partial charge in [0.2, 0.25) is 5.91 Å². The van der Waals surface area contributed by atoms with E-state index in [-0.39, 0.29) is 5.91 Å². The molecule has 1 amide bonds. The summed E-state index contributed by atoms with van der Waals surface area (Å²) in [5.41, 5.74) is 8.98. The highest BCUT2D eigenvalue weighted by molar-refractivity contribution is 5.78. The topological polar surface area (TPSA) is 87.1 Å². The third-order valence-electron chi connectivity index (χ3n) is 2.32. The van der Waals surface area contributed by atoms with Crippen LogP contribution in [0.2, 0.25) is 0 Å². The SMILES string of the molecule is COc1cccc(CC(=O)NCCCN=[N+]=[N-])c1. The van der Waals surface area contributed by atoms with E-state index < -0.39 is 0 Å². The first-order valence-corrected chi connectivity index (χ1v) is 5.66. The number of methoxy groups -OCH3 is 1.